The molecule has 0 unspecified atom stereocenters. The maximum absolute atomic E-state index is 12.3. The van der Waals surface area contributed by atoms with Gasteiger partial charge in [0.15, 0.2) is 5.56 Å². The van der Waals surface area contributed by atoms with Crippen LogP contribution in [0, 0.1) is 0 Å². The fraction of sp³-hybridized carbons (Fsp3) is 0.286. The Balaban J connectivity index is 2.71. The number of pyridine rings is 1. The van der Waals surface area contributed by atoms with Crippen LogP contribution in [0.3, 0.4) is 0 Å². The minimum absolute atomic E-state index is 0.0311. The molecule has 2 aromatic rings. The molecule has 0 atom stereocenters. The fourth-order valence-corrected chi connectivity index (χ4v) is 2.09. The summed E-state index contributed by atoms with van der Waals surface area (Å²) in [5.41, 5.74) is -1.33. The highest BCUT2D eigenvalue weighted by Crippen LogP contribution is 2.32. The van der Waals surface area contributed by atoms with Crippen molar-refractivity contribution in [3.05, 3.63) is 34.1 Å². The molecule has 0 radical (unpaired) electrons. The van der Waals surface area contributed by atoms with Gasteiger partial charge in [-0.3, -0.25) is 4.79 Å². The van der Waals surface area contributed by atoms with Crippen LogP contribution in [-0.2, 0) is 11.8 Å². The second kappa shape index (κ2) is 5.82. The molecule has 9 heteroatoms. The van der Waals surface area contributed by atoms with Crippen LogP contribution in [0.2, 0.25) is 0 Å². The highest BCUT2D eigenvalue weighted by atomic mass is 19.4. The number of hydrogen-bond acceptors (Lipinski definition) is 5. The van der Waals surface area contributed by atoms with Crippen molar-refractivity contribution < 1.29 is 32.5 Å². The van der Waals surface area contributed by atoms with E-state index in [-0.39, 0.29) is 17.5 Å². The Morgan fingerprint density at radius 1 is 1.35 bits per heavy atom. The van der Waals surface area contributed by atoms with Crippen LogP contribution in [0.15, 0.2) is 23.0 Å². The number of alkyl halides is 3. The van der Waals surface area contributed by atoms with Crippen LogP contribution < -0.4 is 10.3 Å². The number of benzene rings is 1. The third-order valence-corrected chi connectivity index (χ3v) is 3.05. The number of nitrogens with zero attached hydrogens (tertiary/aromatic N) is 1. The molecule has 1 aromatic heterocycles. The van der Waals surface area contributed by atoms with Crippen LogP contribution in [-0.4, -0.2) is 28.6 Å². The molecule has 0 amide bonds. The Morgan fingerprint density at radius 2 is 2.00 bits per heavy atom. The monoisotopic (exact) mass is 331 g/mol. The lowest BCUT2D eigenvalue weighted by Crippen LogP contribution is -2.26. The molecular weight excluding hydrogens is 319 g/mol. The van der Waals surface area contributed by atoms with Gasteiger partial charge < -0.3 is 19.1 Å². The van der Waals surface area contributed by atoms with Crippen molar-refractivity contribution in [1.29, 1.82) is 0 Å². The van der Waals surface area contributed by atoms with E-state index in [0.29, 0.717) is 0 Å². The van der Waals surface area contributed by atoms with Crippen molar-refractivity contribution >= 4 is 16.9 Å². The van der Waals surface area contributed by atoms with Crippen molar-refractivity contribution in [3.8, 4) is 11.5 Å². The van der Waals surface area contributed by atoms with Gasteiger partial charge in [0.25, 0.3) is 5.56 Å². The van der Waals surface area contributed by atoms with E-state index >= 15 is 0 Å². The topological polar surface area (TPSA) is 77.8 Å². The second-order valence-corrected chi connectivity index (χ2v) is 4.54. The van der Waals surface area contributed by atoms with Crippen LogP contribution in [0.25, 0.3) is 10.9 Å². The molecule has 0 fully saturated rings. The van der Waals surface area contributed by atoms with E-state index in [1.807, 2.05) is 0 Å². The first-order valence-electron chi connectivity index (χ1n) is 6.44. The normalized spacial score (nSPS) is 11.5. The quantitative estimate of drug-likeness (QED) is 0.874. The van der Waals surface area contributed by atoms with Crippen molar-refractivity contribution in [1.82, 2.24) is 4.57 Å². The standard InChI is InChI=1S/C14H12F3NO5/c1-3-22-13(21)10-11(19)8-6-7(23-14(15,16)17)4-5-9(8)18(2)12(10)20/h4-6,19H,3H2,1-2H3. The third-order valence-electron chi connectivity index (χ3n) is 3.05. The number of halogens is 3. The van der Waals surface area contributed by atoms with E-state index in [4.69, 9.17) is 0 Å². The summed E-state index contributed by atoms with van der Waals surface area (Å²) in [4.78, 5) is 23.9. The molecule has 0 aliphatic rings. The molecule has 0 aliphatic carbocycles. The van der Waals surface area contributed by atoms with Gasteiger partial charge in [0.2, 0.25) is 0 Å². The number of carbonyl (C=O) groups excluding carboxylic acids is 1. The summed E-state index contributed by atoms with van der Waals surface area (Å²) in [6.07, 6.45) is -4.91. The lowest BCUT2D eigenvalue weighted by Gasteiger charge is -2.13. The first-order chi connectivity index (χ1) is 10.7. The predicted molar refractivity (Wildman–Crippen MR) is 73.5 cm³/mol. The number of carbonyl (C=O) groups is 1. The summed E-state index contributed by atoms with van der Waals surface area (Å²) >= 11 is 0. The molecule has 1 aromatic carbocycles. The molecule has 124 valence electrons. The SMILES string of the molecule is CCOC(=O)c1c(O)c2cc(OC(F)(F)F)ccc2n(C)c1=O. The molecule has 0 aliphatic heterocycles. The van der Waals surface area contributed by atoms with Crippen LogP contribution in [0.5, 0.6) is 11.5 Å². The Morgan fingerprint density at radius 3 is 2.57 bits per heavy atom. The number of hydrogen-bond donors (Lipinski definition) is 1. The van der Waals surface area contributed by atoms with Crippen LogP contribution in [0.1, 0.15) is 17.3 Å². The molecule has 1 N–H and O–H groups in total. The maximum atomic E-state index is 12.3. The average Bonchev–Trinajstić information content (AvgIpc) is 2.44. The van der Waals surface area contributed by atoms with Crippen LogP contribution in [0.4, 0.5) is 13.2 Å². The number of aryl methyl sites for hydroxylation is 1. The lowest BCUT2D eigenvalue weighted by molar-refractivity contribution is -0.274. The summed E-state index contributed by atoms with van der Waals surface area (Å²) in [6.45, 7) is 1.48. The molecule has 0 bridgehead atoms. The van der Waals surface area contributed by atoms with E-state index in [1.54, 1.807) is 0 Å². The van der Waals surface area contributed by atoms with Gasteiger partial charge in [0, 0.05) is 12.4 Å². The van der Waals surface area contributed by atoms with Gasteiger partial charge in [-0.15, -0.1) is 13.2 Å². The van der Waals surface area contributed by atoms with Gasteiger partial charge in [-0.25, -0.2) is 4.79 Å². The van der Waals surface area contributed by atoms with E-state index in [9.17, 15) is 27.9 Å². The third kappa shape index (κ3) is 3.22. The van der Waals surface area contributed by atoms with Crippen molar-refractivity contribution in [2.45, 2.75) is 13.3 Å². The van der Waals surface area contributed by atoms with E-state index in [1.165, 1.54) is 20.0 Å². The van der Waals surface area contributed by atoms with Gasteiger partial charge in [0.05, 0.1) is 12.1 Å². The molecule has 23 heavy (non-hydrogen) atoms. The number of fused-ring (bicyclic) bond motifs is 1. The minimum Gasteiger partial charge on any atom is -0.506 e. The molecule has 6 nitrogen and oxygen atoms in total. The Bertz CT molecular complexity index is 826. The second-order valence-electron chi connectivity index (χ2n) is 4.54. The van der Waals surface area contributed by atoms with E-state index < -0.39 is 35.0 Å². The van der Waals surface area contributed by atoms with Gasteiger partial charge in [0.1, 0.15) is 11.5 Å². The predicted octanol–water partition coefficient (Wildman–Crippen LogP) is 2.32. The largest absolute Gasteiger partial charge is 0.573 e. The van der Waals surface area contributed by atoms with Gasteiger partial charge in [-0.1, -0.05) is 0 Å². The molecule has 0 saturated carbocycles. The Labute approximate surface area is 127 Å². The highest BCUT2D eigenvalue weighted by Gasteiger charge is 2.31. The molecule has 0 saturated heterocycles. The molecule has 2 rings (SSSR count). The Hall–Kier alpha value is -2.71. The van der Waals surface area contributed by atoms with E-state index in [2.05, 4.69) is 9.47 Å². The smallest absolute Gasteiger partial charge is 0.506 e. The number of rotatable bonds is 3. The maximum Gasteiger partial charge on any atom is 0.573 e. The van der Waals surface area contributed by atoms with Gasteiger partial charge in [-0.05, 0) is 25.1 Å². The zero-order valence-electron chi connectivity index (χ0n) is 12.1. The zero-order chi connectivity index (χ0) is 17.4. The Kier molecular flexibility index (Phi) is 4.22. The van der Waals surface area contributed by atoms with Crippen LogP contribution >= 0.6 is 0 Å². The van der Waals surface area contributed by atoms with Gasteiger partial charge >= 0.3 is 12.3 Å². The fourth-order valence-electron chi connectivity index (χ4n) is 2.09. The number of esters is 1. The summed E-state index contributed by atoms with van der Waals surface area (Å²) in [7, 11) is 1.32. The highest BCUT2D eigenvalue weighted by molar-refractivity contribution is 5.99. The lowest BCUT2D eigenvalue weighted by atomic mass is 10.1. The first kappa shape index (κ1) is 16.7. The number of ether oxygens (including phenoxy) is 2. The summed E-state index contributed by atoms with van der Waals surface area (Å²) in [5, 5.41) is 9.98. The summed E-state index contributed by atoms with van der Waals surface area (Å²) in [5.74, 6) is -2.41. The number of aromatic nitrogens is 1. The average molecular weight is 331 g/mol. The van der Waals surface area contributed by atoms with Gasteiger partial charge in [-0.2, -0.15) is 0 Å². The van der Waals surface area contributed by atoms with Crippen molar-refractivity contribution in [2.24, 2.45) is 7.05 Å². The van der Waals surface area contributed by atoms with E-state index in [0.717, 1.165) is 16.7 Å². The molecular formula is C14H12F3NO5. The van der Waals surface area contributed by atoms with Crippen molar-refractivity contribution in [3.63, 3.8) is 0 Å². The molecule has 0 spiro atoms. The summed E-state index contributed by atoms with van der Waals surface area (Å²) in [6, 6.07) is 3.06. The number of aromatic hydroxyl groups is 1. The summed E-state index contributed by atoms with van der Waals surface area (Å²) < 4.78 is 46.3. The first-order valence-corrected chi connectivity index (χ1v) is 6.44. The zero-order valence-corrected chi connectivity index (χ0v) is 12.1. The molecule has 1 heterocycles. The minimum atomic E-state index is -4.91. The van der Waals surface area contributed by atoms with Crippen molar-refractivity contribution in [2.75, 3.05) is 6.61 Å².